The van der Waals surface area contributed by atoms with Gasteiger partial charge in [-0.05, 0) is 18.2 Å². The molecule has 0 radical (unpaired) electrons. The van der Waals surface area contributed by atoms with Crippen LogP contribution < -0.4 is 4.74 Å². The number of hydrogen-bond donors (Lipinski definition) is 1. The molecule has 3 aromatic carbocycles. The third-order valence-corrected chi connectivity index (χ3v) is 3.31. The lowest BCUT2D eigenvalue weighted by molar-refractivity contribution is 0.388. The van der Waals surface area contributed by atoms with Crippen molar-refractivity contribution in [1.82, 2.24) is 0 Å². The van der Waals surface area contributed by atoms with Crippen molar-refractivity contribution in [3.63, 3.8) is 0 Å². The van der Waals surface area contributed by atoms with Gasteiger partial charge in [-0.2, -0.15) is 9.65 Å². The van der Waals surface area contributed by atoms with Crippen LogP contribution in [-0.4, -0.2) is 5.11 Å². The van der Waals surface area contributed by atoms with Crippen molar-refractivity contribution in [1.29, 1.82) is 5.26 Å². The second kappa shape index (κ2) is 5.54. The van der Waals surface area contributed by atoms with Crippen molar-refractivity contribution in [2.24, 2.45) is 0 Å². The molecule has 0 saturated heterocycles. The highest BCUT2D eigenvalue weighted by Gasteiger charge is 2.21. The lowest BCUT2D eigenvalue weighted by Crippen LogP contribution is -1.99. The molecule has 23 heavy (non-hydrogen) atoms. The molecule has 114 valence electrons. The van der Waals surface area contributed by atoms with Crippen molar-refractivity contribution in [3.05, 3.63) is 65.5 Å². The molecular weight excluding hydrogens is 307 g/mol. The van der Waals surface area contributed by atoms with Crippen molar-refractivity contribution in [3.8, 4) is 23.3 Å². The van der Waals surface area contributed by atoms with Gasteiger partial charge in [-0.25, -0.2) is 8.78 Å². The Bertz CT molecular complexity index is 964. The number of ether oxygens (including phenoxy) is 1. The van der Waals surface area contributed by atoms with Crippen LogP contribution in [0.15, 0.2) is 42.5 Å². The van der Waals surface area contributed by atoms with Gasteiger partial charge in [-0.15, -0.1) is 0 Å². The maximum atomic E-state index is 13.9. The Kier molecular flexibility index (Phi) is 3.54. The Labute approximate surface area is 128 Å². The van der Waals surface area contributed by atoms with Gasteiger partial charge in [0.2, 0.25) is 11.6 Å². The first-order valence-corrected chi connectivity index (χ1v) is 6.49. The number of nitriles is 1. The Morgan fingerprint density at radius 1 is 0.957 bits per heavy atom. The van der Waals surface area contributed by atoms with Crippen molar-refractivity contribution in [2.45, 2.75) is 0 Å². The van der Waals surface area contributed by atoms with E-state index in [-0.39, 0.29) is 11.5 Å². The molecule has 6 heteroatoms. The average Bonchev–Trinajstić information content (AvgIpc) is 2.55. The van der Waals surface area contributed by atoms with E-state index in [1.807, 2.05) is 0 Å². The number of hydrogen-bond acceptors (Lipinski definition) is 3. The van der Waals surface area contributed by atoms with E-state index in [1.165, 1.54) is 30.3 Å². The first-order valence-electron chi connectivity index (χ1n) is 6.49. The average molecular weight is 315 g/mol. The molecule has 3 rings (SSSR count). The number of rotatable bonds is 2. The third-order valence-electron chi connectivity index (χ3n) is 3.31. The summed E-state index contributed by atoms with van der Waals surface area (Å²) in [4.78, 5) is 0. The van der Waals surface area contributed by atoms with E-state index in [9.17, 15) is 18.3 Å². The molecule has 0 spiro atoms. The summed E-state index contributed by atoms with van der Waals surface area (Å²) in [7, 11) is 0. The van der Waals surface area contributed by atoms with Gasteiger partial charge in [-0.1, -0.05) is 24.3 Å². The van der Waals surface area contributed by atoms with Gasteiger partial charge in [0.05, 0.1) is 5.56 Å². The molecule has 0 saturated carbocycles. The number of halogens is 3. The van der Waals surface area contributed by atoms with Crippen LogP contribution in [0.25, 0.3) is 10.8 Å². The predicted molar refractivity (Wildman–Crippen MR) is 76.7 cm³/mol. The van der Waals surface area contributed by atoms with Gasteiger partial charge < -0.3 is 9.84 Å². The van der Waals surface area contributed by atoms with Crippen LogP contribution in [0, 0.1) is 28.8 Å². The van der Waals surface area contributed by atoms with Crippen molar-refractivity contribution in [2.75, 3.05) is 0 Å². The fourth-order valence-corrected chi connectivity index (χ4v) is 2.22. The molecule has 0 bridgehead atoms. The number of fused-ring (bicyclic) bond motifs is 1. The summed E-state index contributed by atoms with van der Waals surface area (Å²) in [5.74, 6) is -5.19. The van der Waals surface area contributed by atoms with E-state index >= 15 is 0 Å². The van der Waals surface area contributed by atoms with Gasteiger partial charge in [0.1, 0.15) is 17.6 Å². The molecule has 0 aromatic heterocycles. The number of phenols is 1. The quantitative estimate of drug-likeness (QED) is 0.702. The zero-order valence-corrected chi connectivity index (χ0v) is 11.5. The largest absolute Gasteiger partial charge is 0.507 e. The molecule has 0 aliphatic heterocycles. The van der Waals surface area contributed by atoms with Crippen molar-refractivity contribution >= 4 is 10.8 Å². The van der Waals surface area contributed by atoms with Crippen LogP contribution in [0.5, 0.6) is 17.2 Å². The first kappa shape index (κ1) is 14.7. The summed E-state index contributed by atoms with van der Waals surface area (Å²) in [5, 5.41) is 19.2. The highest BCUT2D eigenvalue weighted by Crippen LogP contribution is 2.36. The number of aromatic hydroxyl groups is 1. The number of benzene rings is 3. The van der Waals surface area contributed by atoms with Crippen LogP contribution in [0.4, 0.5) is 13.2 Å². The number of nitrogens with zero attached hydrogens (tertiary/aromatic N) is 1. The van der Waals surface area contributed by atoms with Gasteiger partial charge in [-0.3, -0.25) is 0 Å². The second-order valence-corrected chi connectivity index (χ2v) is 4.71. The zero-order valence-electron chi connectivity index (χ0n) is 11.5. The predicted octanol–water partition coefficient (Wildman–Crippen LogP) is 4.63. The SMILES string of the molecule is N#Cc1cc(F)c(Oc2cccc3c(O)cccc23)c(F)c1F. The summed E-state index contributed by atoms with van der Waals surface area (Å²) in [6.45, 7) is 0. The van der Waals surface area contributed by atoms with Crippen molar-refractivity contribution < 1.29 is 23.0 Å². The minimum Gasteiger partial charge on any atom is -0.507 e. The first-order chi connectivity index (χ1) is 11.0. The van der Waals surface area contributed by atoms with E-state index in [0.717, 1.165) is 0 Å². The molecule has 0 aliphatic rings. The highest BCUT2D eigenvalue weighted by atomic mass is 19.2. The molecule has 3 aromatic rings. The van der Waals surface area contributed by atoms with E-state index in [4.69, 9.17) is 10.00 Å². The van der Waals surface area contributed by atoms with E-state index in [1.54, 1.807) is 12.1 Å². The Morgan fingerprint density at radius 3 is 2.39 bits per heavy atom. The molecule has 0 aliphatic carbocycles. The zero-order chi connectivity index (χ0) is 16.6. The minimum absolute atomic E-state index is 0.0279. The summed E-state index contributed by atoms with van der Waals surface area (Å²) in [6, 6.07) is 11.1. The normalized spacial score (nSPS) is 10.5. The molecule has 1 N–H and O–H groups in total. The molecular formula is C17H8F3NO2. The summed E-state index contributed by atoms with van der Waals surface area (Å²) >= 11 is 0. The Morgan fingerprint density at radius 2 is 1.65 bits per heavy atom. The standard InChI is InChI=1S/C17H8F3NO2/c18-12-7-9(8-21)15(19)16(20)17(12)23-14-6-2-3-10-11(14)4-1-5-13(10)22/h1-7,22H. The summed E-state index contributed by atoms with van der Waals surface area (Å²) < 4.78 is 46.7. The van der Waals surface area contributed by atoms with Crippen LogP contribution >= 0.6 is 0 Å². The van der Waals surface area contributed by atoms with Crippen LogP contribution in [-0.2, 0) is 0 Å². The van der Waals surface area contributed by atoms with E-state index < -0.39 is 28.8 Å². The smallest absolute Gasteiger partial charge is 0.205 e. The fourth-order valence-electron chi connectivity index (χ4n) is 2.22. The minimum atomic E-state index is -1.58. The fraction of sp³-hybridized carbons (Fsp3) is 0. The molecule has 0 atom stereocenters. The Balaban J connectivity index is 2.16. The van der Waals surface area contributed by atoms with Gasteiger partial charge in [0, 0.05) is 10.8 Å². The second-order valence-electron chi connectivity index (χ2n) is 4.71. The Hall–Kier alpha value is -3.20. The van der Waals surface area contributed by atoms with Gasteiger partial charge >= 0.3 is 0 Å². The number of phenolic OH excluding ortho intramolecular Hbond substituents is 1. The molecule has 0 heterocycles. The van der Waals surface area contributed by atoms with Crippen LogP contribution in [0.3, 0.4) is 0 Å². The maximum absolute atomic E-state index is 13.9. The van der Waals surface area contributed by atoms with Crippen LogP contribution in [0.1, 0.15) is 5.56 Å². The summed E-state index contributed by atoms with van der Waals surface area (Å²) in [5.41, 5.74) is -0.747. The topological polar surface area (TPSA) is 53.2 Å². The highest BCUT2D eigenvalue weighted by molar-refractivity contribution is 5.93. The lowest BCUT2D eigenvalue weighted by atomic mass is 10.1. The van der Waals surface area contributed by atoms with Crippen LogP contribution in [0.2, 0.25) is 0 Å². The molecule has 0 amide bonds. The van der Waals surface area contributed by atoms with E-state index in [2.05, 4.69) is 0 Å². The third kappa shape index (κ3) is 2.42. The monoisotopic (exact) mass is 315 g/mol. The lowest BCUT2D eigenvalue weighted by Gasteiger charge is -2.12. The molecule has 0 fully saturated rings. The molecule has 3 nitrogen and oxygen atoms in total. The van der Waals surface area contributed by atoms with Gasteiger partial charge in [0.25, 0.3) is 0 Å². The molecule has 0 unspecified atom stereocenters. The maximum Gasteiger partial charge on any atom is 0.205 e. The van der Waals surface area contributed by atoms with Gasteiger partial charge in [0.15, 0.2) is 11.6 Å². The summed E-state index contributed by atoms with van der Waals surface area (Å²) in [6.07, 6.45) is 0. The van der Waals surface area contributed by atoms with E-state index in [0.29, 0.717) is 16.8 Å².